The zero-order chi connectivity index (χ0) is 20.8. The molecule has 30 heavy (non-hydrogen) atoms. The molecule has 2 aliphatic rings. The van der Waals surface area contributed by atoms with Gasteiger partial charge in [-0.2, -0.15) is 0 Å². The molecule has 1 aromatic rings. The average molecular weight is 531 g/mol. The first-order valence-electron chi connectivity index (χ1n) is 10.4. The Kier molecular flexibility index (Phi) is 9.60. The molecule has 1 aromatic heterocycles. The van der Waals surface area contributed by atoms with Crippen molar-refractivity contribution in [3.63, 3.8) is 0 Å². The monoisotopic (exact) mass is 531 g/mol. The van der Waals surface area contributed by atoms with Crippen LogP contribution in [0.2, 0.25) is 0 Å². The molecule has 168 valence electrons. The maximum Gasteiger partial charge on any atom is 0.310 e. The molecule has 2 saturated heterocycles. The zero-order valence-corrected chi connectivity index (χ0v) is 20.7. The summed E-state index contributed by atoms with van der Waals surface area (Å²) >= 11 is 0. The van der Waals surface area contributed by atoms with Crippen LogP contribution in [-0.2, 0) is 20.8 Å². The first kappa shape index (κ1) is 24.6. The van der Waals surface area contributed by atoms with Crippen molar-refractivity contribution < 1.29 is 14.3 Å². The van der Waals surface area contributed by atoms with Crippen molar-refractivity contribution in [3.05, 3.63) is 23.9 Å². The van der Waals surface area contributed by atoms with Crippen molar-refractivity contribution in [2.24, 2.45) is 16.8 Å². The minimum absolute atomic E-state index is 0. The van der Waals surface area contributed by atoms with Crippen LogP contribution in [0.4, 0.5) is 5.82 Å². The molecule has 2 aliphatic heterocycles. The third-order valence-corrected chi connectivity index (χ3v) is 5.54. The lowest BCUT2D eigenvalue weighted by molar-refractivity contribution is -0.145. The Morgan fingerprint density at radius 1 is 1.33 bits per heavy atom. The summed E-state index contributed by atoms with van der Waals surface area (Å²) in [5.74, 6) is 1.79. The van der Waals surface area contributed by atoms with E-state index in [0.29, 0.717) is 13.1 Å². The van der Waals surface area contributed by atoms with E-state index in [1.54, 1.807) is 0 Å². The summed E-state index contributed by atoms with van der Waals surface area (Å²) in [6.45, 7) is 11.4. The molecule has 0 aliphatic carbocycles. The number of hydrogen-bond donors (Lipinski definition) is 1. The summed E-state index contributed by atoms with van der Waals surface area (Å²) in [6, 6.07) is 4.14. The second-order valence-electron chi connectivity index (χ2n) is 7.83. The number of morpholine rings is 1. The zero-order valence-electron chi connectivity index (χ0n) is 18.3. The number of pyridine rings is 1. The van der Waals surface area contributed by atoms with Crippen LogP contribution in [0, 0.1) is 11.8 Å². The van der Waals surface area contributed by atoms with Gasteiger partial charge in [-0.05, 0) is 31.4 Å². The highest BCUT2D eigenvalue weighted by atomic mass is 127. The van der Waals surface area contributed by atoms with E-state index in [0.717, 1.165) is 50.1 Å². The van der Waals surface area contributed by atoms with Crippen LogP contribution < -0.4 is 10.2 Å². The summed E-state index contributed by atoms with van der Waals surface area (Å²) in [4.78, 5) is 25.8. The van der Waals surface area contributed by atoms with Gasteiger partial charge in [-0.15, -0.1) is 24.0 Å². The number of carbonyl (C=O) groups is 1. The molecule has 0 radical (unpaired) electrons. The summed E-state index contributed by atoms with van der Waals surface area (Å²) in [6.07, 6.45) is 2.13. The van der Waals surface area contributed by atoms with Gasteiger partial charge in [0.05, 0.1) is 32.3 Å². The van der Waals surface area contributed by atoms with Crippen LogP contribution >= 0.6 is 24.0 Å². The van der Waals surface area contributed by atoms with E-state index >= 15 is 0 Å². The topological polar surface area (TPSA) is 79.3 Å². The van der Waals surface area contributed by atoms with Crippen molar-refractivity contribution in [2.75, 3.05) is 51.3 Å². The Balaban J connectivity index is 0.00000320. The molecular weight excluding hydrogens is 497 g/mol. The summed E-state index contributed by atoms with van der Waals surface area (Å²) in [5.41, 5.74) is 1.06. The average Bonchev–Trinajstić information content (AvgIpc) is 3.12. The lowest BCUT2D eigenvalue weighted by Gasteiger charge is -2.32. The molecule has 3 heterocycles. The van der Waals surface area contributed by atoms with Crippen molar-refractivity contribution in [2.45, 2.75) is 33.4 Å². The number of methoxy groups -OCH3 is 1. The molecule has 3 unspecified atom stereocenters. The van der Waals surface area contributed by atoms with Crippen molar-refractivity contribution in [3.8, 4) is 0 Å². The number of nitrogens with one attached hydrogen (secondary N) is 1. The minimum atomic E-state index is -0.145. The first-order valence-corrected chi connectivity index (χ1v) is 10.4. The quantitative estimate of drug-likeness (QED) is 0.270. The molecule has 0 amide bonds. The van der Waals surface area contributed by atoms with E-state index in [9.17, 15) is 4.79 Å². The van der Waals surface area contributed by atoms with E-state index in [-0.39, 0.29) is 47.9 Å². The molecule has 2 fully saturated rings. The van der Waals surface area contributed by atoms with Crippen LogP contribution in [0.5, 0.6) is 0 Å². The van der Waals surface area contributed by atoms with Gasteiger partial charge in [0.1, 0.15) is 5.82 Å². The molecule has 0 bridgehead atoms. The fourth-order valence-electron chi connectivity index (χ4n) is 3.91. The molecule has 1 N–H and O–H groups in total. The van der Waals surface area contributed by atoms with Gasteiger partial charge in [0.2, 0.25) is 0 Å². The predicted molar refractivity (Wildman–Crippen MR) is 128 cm³/mol. The normalized spacial score (nSPS) is 24.4. The number of ether oxygens (including phenoxy) is 2. The van der Waals surface area contributed by atoms with Crippen molar-refractivity contribution in [1.82, 2.24) is 15.2 Å². The first-order chi connectivity index (χ1) is 14.0. The Bertz CT molecular complexity index is 715. The molecule has 0 aromatic carbocycles. The Morgan fingerprint density at radius 3 is 2.77 bits per heavy atom. The van der Waals surface area contributed by atoms with Crippen molar-refractivity contribution >= 4 is 41.7 Å². The molecule has 0 saturated carbocycles. The van der Waals surface area contributed by atoms with Gasteiger partial charge >= 0.3 is 5.97 Å². The van der Waals surface area contributed by atoms with E-state index in [1.165, 1.54) is 7.11 Å². The molecular formula is C21H34IN5O3. The molecule has 0 spiro atoms. The number of esters is 1. The summed E-state index contributed by atoms with van der Waals surface area (Å²) < 4.78 is 10.5. The lowest BCUT2D eigenvalue weighted by atomic mass is 9.99. The largest absolute Gasteiger partial charge is 0.469 e. The number of halogens is 1. The van der Waals surface area contributed by atoms with Gasteiger partial charge < -0.3 is 24.6 Å². The van der Waals surface area contributed by atoms with Gasteiger partial charge in [-0.25, -0.2) is 9.98 Å². The Hall–Kier alpha value is -1.62. The highest BCUT2D eigenvalue weighted by Gasteiger charge is 2.36. The summed E-state index contributed by atoms with van der Waals surface area (Å²) in [7, 11) is 1.45. The molecule has 8 nitrogen and oxygen atoms in total. The number of rotatable bonds is 5. The van der Waals surface area contributed by atoms with Crippen LogP contribution in [-0.4, -0.2) is 74.4 Å². The van der Waals surface area contributed by atoms with Crippen LogP contribution in [0.3, 0.4) is 0 Å². The van der Waals surface area contributed by atoms with E-state index in [4.69, 9.17) is 14.5 Å². The highest BCUT2D eigenvalue weighted by molar-refractivity contribution is 14.0. The van der Waals surface area contributed by atoms with Gasteiger partial charge in [-0.3, -0.25) is 4.79 Å². The maximum atomic E-state index is 12.0. The number of carbonyl (C=O) groups excluding carboxylic acids is 1. The number of likely N-dealkylation sites (tertiary alicyclic amines) is 1. The Labute approximate surface area is 196 Å². The molecule has 3 atom stereocenters. The van der Waals surface area contributed by atoms with E-state index < -0.39 is 0 Å². The molecule has 3 rings (SSSR count). The number of anilines is 1. The predicted octanol–water partition coefficient (Wildman–Crippen LogP) is 2.13. The lowest BCUT2D eigenvalue weighted by Crippen LogP contribution is -2.41. The fourth-order valence-corrected chi connectivity index (χ4v) is 3.91. The second-order valence-corrected chi connectivity index (χ2v) is 7.83. The maximum absolute atomic E-state index is 12.0. The van der Waals surface area contributed by atoms with Gasteiger partial charge in [0.25, 0.3) is 0 Å². The van der Waals surface area contributed by atoms with Crippen LogP contribution in [0.15, 0.2) is 23.3 Å². The number of guanidine groups is 1. The fraction of sp³-hybridized carbons (Fsp3) is 0.667. The highest BCUT2D eigenvalue weighted by Crippen LogP contribution is 2.24. The third-order valence-electron chi connectivity index (χ3n) is 5.54. The smallest absolute Gasteiger partial charge is 0.310 e. The van der Waals surface area contributed by atoms with Gasteiger partial charge in [-0.1, -0.05) is 13.0 Å². The van der Waals surface area contributed by atoms with Crippen LogP contribution in [0.1, 0.15) is 26.3 Å². The van der Waals surface area contributed by atoms with Crippen LogP contribution in [0.25, 0.3) is 0 Å². The Morgan fingerprint density at radius 2 is 2.13 bits per heavy atom. The van der Waals surface area contributed by atoms with E-state index in [1.807, 2.05) is 13.1 Å². The number of nitrogens with zero attached hydrogens (tertiary/aromatic N) is 4. The summed E-state index contributed by atoms with van der Waals surface area (Å²) in [5, 5.41) is 3.34. The number of hydrogen-bond acceptors (Lipinski definition) is 6. The SMILES string of the molecule is CCNC(=NCc1ccc(N2CCOC(C)C2)nc1)N1CC(C)C(C(=O)OC)C1.I. The van der Waals surface area contributed by atoms with Gasteiger partial charge in [0, 0.05) is 38.9 Å². The van der Waals surface area contributed by atoms with Gasteiger partial charge in [0.15, 0.2) is 5.96 Å². The van der Waals surface area contributed by atoms with E-state index in [2.05, 4.69) is 46.1 Å². The standard InChI is InChI=1S/C21H33N5O3.HI/c1-5-22-21(26-12-15(2)18(14-26)20(27)28-4)24-11-17-6-7-19(23-10-17)25-8-9-29-16(3)13-25;/h6-7,10,15-16,18H,5,8-9,11-14H2,1-4H3,(H,22,24);1H. The third kappa shape index (κ3) is 6.19. The van der Waals surface area contributed by atoms with Crippen molar-refractivity contribution in [1.29, 1.82) is 0 Å². The number of aliphatic imine (C=N–C) groups is 1. The molecule has 9 heteroatoms. The minimum Gasteiger partial charge on any atom is -0.469 e. The number of aromatic nitrogens is 1. The second kappa shape index (κ2) is 11.7.